The molecular formula is C9H21N5O. The highest BCUT2D eigenvalue weighted by molar-refractivity contribution is 5.96. The van der Waals surface area contributed by atoms with Crippen LogP contribution in [0.4, 0.5) is 0 Å². The fraction of sp³-hybridized carbons (Fsp3) is 0.778. The number of hydrogen-bond donors (Lipinski definition) is 4. The number of carbonyl (C=O) groups excluding carboxylic acids is 1. The first-order chi connectivity index (χ1) is 6.74. The predicted octanol–water partition coefficient (Wildman–Crippen LogP) is -0.672. The standard InChI is InChI=1S/C9H21N5O/c1-6(15)12-8(13-7(10)11-5)14-9(2,3)4/h7,11H,10H2,1-5H3,(H2,12,13,14,15). The SMILES string of the molecule is CNC(N)N=C(NC(C)=O)NC(C)(C)C. The van der Waals surface area contributed by atoms with Gasteiger partial charge in [0.1, 0.15) is 0 Å². The molecule has 6 heteroatoms. The number of nitrogens with one attached hydrogen (secondary N) is 3. The minimum atomic E-state index is -0.540. The monoisotopic (exact) mass is 215 g/mol. The summed E-state index contributed by atoms with van der Waals surface area (Å²) in [7, 11) is 1.69. The van der Waals surface area contributed by atoms with E-state index in [9.17, 15) is 4.79 Å². The molecule has 0 rings (SSSR count). The average Bonchev–Trinajstić information content (AvgIpc) is 1.99. The highest BCUT2D eigenvalue weighted by atomic mass is 16.1. The summed E-state index contributed by atoms with van der Waals surface area (Å²) >= 11 is 0. The summed E-state index contributed by atoms with van der Waals surface area (Å²) in [6.45, 7) is 7.32. The van der Waals surface area contributed by atoms with Gasteiger partial charge in [0.15, 0.2) is 6.29 Å². The third-order valence-electron chi connectivity index (χ3n) is 1.35. The van der Waals surface area contributed by atoms with Crippen molar-refractivity contribution in [1.82, 2.24) is 16.0 Å². The Morgan fingerprint density at radius 1 is 1.40 bits per heavy atom. The van der Waals surface area contributed by atoms with Crippen molar-refractivity contribution in [2.45, 2.75) is 39.5 Å². The molecule has 88 valence electrons. The van der Waals surface area contributed by atoms with E-state index in [1.807, 2.05) is 20.8 Å². The zero-order chi connectivity index (χ0) is 12.1. The summed E-state index contributed by atoms with van der Waals surface area (Å²) < 4.78 is 0. The van der Waals surface area contributed by atoms with Crippen molar-refractivity contribution >= 4 is 11.9 Å². The van der Waals surface area contributed by atoms with E-state index in [1.54, 1.807) is 7.05 Å². The Kier molecular flexibility index (Phi) is 5.24. The largest absolute Gasteiger partial charge is 0.351 e. The Morgan fingerprint density at radius 3 is 2.27 bits per heavy atom. The molecule has 0 aliphatic rings. The van der Waals surface area contributed by atoms with Crippen molar-refractivity contribution in [3.05, 3.63) is 0 Å². The van der Waals surface area contributed by atoms with Crippen molar-refractivity contribution < 1.29 is 4.79 Å². The Labute approximate surface area is 90.7 Å². The van der Waals surface area contributed by atoms with Gasteiger partial charge in [0, 0.05) is 12.5 Å². The number of nitrogens with two attached hydrogens (primary N) is 1. The normalized spacial score (nSPS) is 14.7. The van der Waals surface area contributed by atoms with Crippen LogP contribution in [0.3, 0.4) is 0 Å². The van der Waals surface area contributed by atoms with Crippen LogP contribution < -0.4 is 21.7 Å². The Hall–Kier alpha value is -1.14. The summed E-state index contributed by atoms with van der Waals surface area (Å²) in [5.41, 5.74) is 5.39. The minimum Gasteiger partial charge on any atom is -0.351 e. The van der Waals surface area contributed by atoms with Crippen LogP contribution >= 0.6 is 0 Å². The van der Waals surface area contributed by atoms with E-state index >= 15 is 0 Å². The lowest BCUT2D eigenvalue weighted by Gasteiger charge is -2.24. The molecule has 6 nitrogen and oxygen atoms in total. The number of guanidine groups is 1. The molecule has 5 N–H and O–H groups in total. The smallest absolute Gasteiger partial charge is 0.223 e. The van der Waals surface area contributed by atoms with Gasteiger partial charge in [0.05, 0.1) is 0 Å². The van der Waals surface area contributed by atoms with Crippen molar-refractivity contribution in [3.63, 3.8) is 0 Å². The van der Waals surface area contributed by atoms with E-state index in [2.05, 4.69) is 20.9 Å². The van der Waals surface area contributed by atoms with Crippen molar-refractivity contribution in [2.75, 3.05) is 7.05 Å². The van der Waals surface area contributed by atoms with E-state index in [1.165, 1.54) is 6.92 Å². The molecule has 1 amide bonds. The maximum Gasteiger partial charge on any atom is 0.223 e. The highest BCUT2D eigenvalue weighted by Gasteiger charge is 2.13. The Bertz CT molecular complexity index is 243. The van der Waals surface area contributed by atoms with Crippen LogP contribution in [0.25, 0.3) is 0 Å². The van der Waals surface area contributed by atoms with Crippen LogP contribution in [-0.4, -0.2) is 30.7 Å². The number of amides is 1. The van der Waals surface area contributed by atoms with Gasteiger partial charge in [0.25, 0.3) is 0 Å². The fourth-order valence-corrected chi connectivity index (χ4v) is 0.821. The molecule has 0 saturated carbocycles. The van der Waals surface area contributed by atoms with Crippen LogP contribution in [0.2, 0.25) is 0 Å². The third-order valence-corrected chi connectivity index (χ3v) is 1.35. The molecule has 0 heterocycles. The number of hydrogen-bond acceptors (Lipinski definition) is 4. The van der Waals surface area contributed by atoms with Gasteiger partial charge < -0.3 is 5.32 Å². The van der Waals surface area contributed by atoms with Crippen LogP contribution in [0.1, 0.15) is 27.7 Å². The van der Waals surface area contributed by atoms with Gasteiger partial charge in [-0.2, -0.15) is 0 Å². The van der Waals surface area contributed by atoms with E-state index < -0.39 is 6.29 Å². The molecule has 0 aromatic carbocycles. The van der Waals surface area contributed by atoms with E-state index in [0.717, 1.165) is 0 Å². The number of carbonyl (C=O) groups is 1. The number of nitrogens with zero attached hydrogens (tertiary/aromatic N) is 1. The second-order valence-corrected chi connectivity index (χ2v) is 4.27. The van der Waals surface area contributed by atoms with Crippen molar-refractivity contribution in [3.8, 4) is 0 Å². The third kappa shape index (κ3) is 7.90. The molecule has 0 bridgehead atoms. The summed E-state index contributed by atoms with van der Waals surface area (Å²) in [6.07, 6.45) is -0.540. The summed E-state index contributed by atoms with van der Waals surface area (Å²) in [6, 6.07) is 0. The second-order valence-electron chi connectivity index (χ2n) is 4.27. The maximum absolute atomic E-state index is 10.9. The average molecular weight is 215 g/mol. The molecule has 0 aromatic heterocycles. The molecule has 0 spiro atoms. The summed E-state index contributed by atoms with van der Waals surface area (Å²) in [4.78, 5) is 15.0. The molecule has 0 aliphatic heterocycles. The van der Waals surface area contributed by atoms with E-state index in [4.69, 9.17) is 5.73 Å². The first-order valence-corrected chi connectivity index (χ1v) is 4.81. The summed E-state index contributed by atoms with van der Waals surface area (Å²) in [5, 5.41) is 8.39. The van der Waals surface area contributed by atoms with E-state index in [-0.39, 0.29) is 11.4 Å². The zero-order valence-electron chi connectivity index (χ0n) is 10.0. The maximum atomic E-state index is 10.9. The lowest BCUT2D eigenvalue weighted by Crippen LogP contribution is -2.50. The number of aliphatic imine (C=N–C) groups is 1. The first kappa shape index (κ1) is 13.9. The molecule has 0 aromatic rings. The molecule has 1 unspecified atom stereocenters. The summed E-state index contributed by atoms with van der Waals surface area (Å²) in [5.74, 6) is 0.186. The van der Waals surface area contributed by atoms with Crippen LogP contribution in [0.15, 0.2) is 4.99 Å². The Balaban J connectivity index is 4.58. The first-order valence-electron chi connectivity index (χ1n) is 4.81. The fourth-order valence-electron chi connectivity index (χ4n) is 0.821. The van der Waals surface area contributed by atoms with Crippen molar-refractivity contribution in [2.24, 2.45) is 10.7 Å². The molecule has 1 atom stereocenters. The van der Waals surface area contributed by atoms with Gasteiger partial charge in [-0.05, 0) is 27.8 Å². The van der Waals surface area contributed by atoms with Crippen LogP contribution in [0.5, 0.6) is 0 Å². The highest BCUT2D eigenvalue weighted by Crippen LogP contribution is 1.97. The predicted molar refractivity (Wildman–Crippen MR) is 61.2 cm³/mol. The van der Waals surface area contributed by atoms with Gasteiger partial charge in [0.2, 0.25) is 11.9 Å². The zero-order valence-corrected chi connectivity index (χ0v) is 10.0. The van der Waals surface area contributed by atoms with Crippen LogP contribution in [-0.2, 0) is 4.79 Å². The van der Waals surface area contributed by atoms with Crippen molar-refractivity contribution in [1.29, 1.82) is 0 Å². The molecule has 0 saturated heterocycles. The van der Waals surface area contributed by atoms with Gasteiger partial charge in [-0.3, -0.25) is 21.2 Å². The van der Waals surface area contributed by atoms with E-state index in [0.29, 0.717) is 5.96 Å². The molecule has 15 heavy (non-hydrogen) atoms. The lowest BCUT2D eigenvalue weighted by atomic mass is 10.1. The Morgan fingerprint density at radius 2 is 1.93 bits per heavy atom. The van der Waals surface area contributed by atoms with Gasteiger partial charge in [-0.1, -0.05) is 0 Å². The molecule has 0 radical (unpaired) electrons. The molecule has 0 aliphatic carbocycles. The van der Waals surface area contributed by atoms with Gasteiger partial charge in [-0.25, -0.2) is 4.99 Å². The van der Waals surface area contributed by atoms with Gasteiger partial charge in [-0.15, -0.1) is 0 Å². The lowest BCUT2D eigenvalue weighted by molar-refractivity contribution is -0.117. The minimum absolute atomic E-state index is 0.186. The van der Waals surface area contributed by atoms with Crippen LogP contribution in [0, 0.1) is 0 Å². The quantitative estimate of drug-likeness (QED) is 0.279. The van der Waals surface area contributed by atoms with Gasteiger partial charge >= 0.3 is 0 Å². The second kappa shape index (κ2) is 5.67. The topological polar surface area (TPSA) is 91.5 Å². The molecule has 0 fully saturated rings. The molecular weight excluding hydrogens is 194 g/mol. The number of rotatable bonds is 2.